The van der Waals surface area contributed by atoms with Gasteiger partial charge in [0.1, 0.15) is 12.4 Å². The Bertz CT molecular complexity index is 720. The molecule has 1 aromatic carbocycles. The van der Waals surface area contributed by atoms with Crippen LogP contribution in [-0.2, 0) is 16.0 Å². The van der Waals surface area contributed by atoms with Crippen molar-refractivity contribution in [1.29, 1.82) is 0 Å². The van der Waals surface area contributed by atoms with Crippen molar-refractivity contribution >= 4 is 18.0 Å². The van der Waals surface area contributed by atoms with Crippen LogP contribution in [0, 0.1) is 0 Å². The quantitative estimate of drug-likeness (QED) is 0.416. The standard InChI is InChI=1S/C18H18N2O4.K/c21-17(7-6-15-4-2-9-19-12-15)20-10-8-14-3-1-5-16(11-14)24-13-18(22)23;/h1-7,9,11-12H,8,10,13H2,(H,20,21)(H,22,23);/q;+1/p-1/b7-6+;. The molecular formula is C18H17KN2O4. The number of aliphatic carboxylic acids is 1. The van der Waals surface area contributed by atoms with Crippen molar-refractivity contribution in [2.24, 2.45) is 0 Å². The summed E-state index contributed by atoms with van der Waals surface area (Å²) in [6.07, 6.45) is 7.09. The molecule has 0 aliphatic heterocycles. The Kier molecular flexibility index (Phi) is 10.3. The molecule has 0 aliphatic rings. The third-order valence-electron chi connectivity index (χ3n) is 3.08. The van der Waals surface area contributed by atoms with Crippen LogP contribution in [0.5, 0.6) is 5.75 Å². The number of ether oxygens (including phenoxy) is 1. The Morgan fingerprint density at radius 1 is 1.24 bits per heavy atom. The Labute approximate surface area is 188 Å². The van der Waals surface area contributed by atoms with Crippen LogP contribution < -0.4 is 66.5 Å². The van der Waals surface area contributed by atoms with Gasteiger partial charge in [0.05, 0.1) is 5.97 Å². The van der Waals surface area contributed by atoms with Crippen molar-refractivity contribution in [2.75, 3.05) is 13.2 Å². The number of carbonyl (C=O) groups is 2. The molecule has 25 heavy (non-hydrogen) atoms. The molecule has 0 saturated heterocycles. The summed E-state index contributed by atoms with van der Waals surface area (Å²) < 4.78 is 5.06. The first-order chi connectivity index (χ1) is 11.6. The van der Waals surface area contributed by atoms with Gasteiger partial charge < -0.3 is 20.0 Å². The van der Waals surface area contributed by atoms with E-state index in [1.165, 1.54) is 6.08 Å². The van der Waals surface area contributed by atoms with Crippen LogP contribution in [0.25, 0.3) is 6.08 Å². The molecule has 0 aliphatic carbocycles. The molecule has 0 atom stereocenters. The fourth-order valence-electron chi connectivity index (χ4n) is 1.97. The van der Waals surface area contributed by atoms with Gasteiger partial charge in [0.2, 0.25) is 5.91 Å². The van der Waals surface area contributed by atoms with Gasteiger partial charge >= 0.3 is 51.4 Å². The van der Waals surface area contributed by atoms with Crippen molar-refractivity contribution in [3.63, 3.8) is 0 Å². The maximum absolute atomic E-state index is 11.7. The monoisotopic (exact) mass is 364 g/mol. The molecule has 0 radical (unpaired) electrons. The van der Waals surface area contributed by atoms with E-state index in [2.05, 4.69) is 10.3 Å². The van der Waals surface area contributed by atoms with Crippen LogP contribution in [0.1, 0.15) is 11.1 Å². The molecule has 0 spiro atoms. The molecule has 1 aromatic heterocycles. The van der Waals surface area contributed by atoms with E-state index < -0.39 is 12.6 Å². The summed E-state index contributed by atoms with van der Waals surface area (Å²) in [6, 6.07) is 10.7. The number of nitrogens with one attached hydrogen (secondary N) is 1. The minimum absolute atomic E-state index is 0. The Balaban J connectivity index is 0.00000312. The number of rotatable bonds is 8. The van der Waals surface area contributed by atoms with Crippen LogP contribution in [0.15, 0.2) is 54.9 Å². The number of carbonyl (C=O) groups excluding carboxylic acids is 2. The molecule has 0 fully saturated rings. The van der Waals surface area contributed by atoms with Gasteiger partial charge in [0.25, 0.3) is 0 Å². The zero-order chi connectivity index (χ0) is 17.2. The van der Waals surface area contributed by atoms with Crippen LogP contribution in [0.4, 0.5) is 0 Å². The average molecular weight is 364 g/mol. The van der Waals surface area contributed by atoms with Crippen LogP contribution in [0.3, 0.4) is 0 Å². The Morgan fingerprint density at radius 3 is 2.80 bits per heavy atom. The predicted octanol–water partition coefficient (Wildman–Crippen LogP) is -2.41. The maximum atomic E-state index is 11.7. The van der Waals surface area contributed by atoms with Gasteiger partial charge in [-0.2, -0.15) is 0 Å². The summed E-state index contributed by atoms with van der Waals surface area (Å²) in [4.78, 5) is 26.1. The maximum Gasteiger partial charge on any atom is 1.00 e. The number of pyridine rings is 1. The van der Waals surface area contributed by atoms with E-state index in [0.717, 1.165) is 11.1 Å². The van der Waals surface area contributed by atoms with E-state index in [1.54, 1.807) is 42.7 Å². The number of hydrogen-bond acceptors (Lipinski definition) is 5. The first-order valence-electron chi connectivity index (χ1n) is 7.41. The summed E-state index contributed by atoms with van der Waals surface area (Å²) in [5, 5.41) is 13.2. The second-order valence-electron chi connectivity index (χ2n) is 4.97. The number of carboxylic acids is 1. The SMILES string of the molecule is O=C([O-])COc1cccc(CCNC(=O)/C=C/c2cccnc2)c1.[K+]. The summed E-state index contributed by atoms with van der Waals surface area (Å²) in [7, 11) is 0. The number of hydrogen-bond donors (Lipinski definition) is 1. The van der Waals surface area contributed by atoms with Crippen LogP contribution in [-0.4, -0.2) is 30.0 Å². The number of carboxylic acid groups (broad SMARTS) is 1. The third kappa shape index (κ3) is 8.94. The van der Waals surface area contributed by atoms with E-state index in [9.17, 15) is 14.7 Å². The number of nitrogens with zero attached hydrogens (tertiary/aromatic N) is 1. The van der Waals surface area contributed by atoms with Gasteiger partial charge in [-0.05, 0) is 41.8 Å². The van der Waals surface area contributed by atoms with Gasteiger partial charge in [-0.15, -0.1) is 0 Å². The molecule has 0 unspecified atom stereocenters. The molecule has 2 rings (SSSR count). The second kappa shape index (κ2) is 11.9. The van der Waals surface area contributed by atoms with Crippen LogP contribution in [0.2, 0.25) is 0 Å². The van der Waals surface area contributed by atoms with Gasteiger partial charge in [-0.3, -0.25) is 9.78 Å². The fraction of sp³-hybridized carbons (Fsp3) is 0.167. The van der Waals surface area contributed by atoms with Crippen molar-refractivity contribution in [3.05, 3.63) is 66.0 Å². The average Bonchev–Trinajstić information content (AvgIpc) is 2.59. The predicted molar refractivity (Wildman–Crippen MR) is 86.9 cm³/mol. The normalized spacial score (nSPS) is 10.1. The smallest absolute Gasteiger partial charge is 0.546 e. The van der Waals surface area contributed by atoms with E-state index in [1.807, 2.05) is 12.1 Å². The van der Waals surface area contributed by atoms with Crippen molar-refractivity contribution in [3.8, 4) is 5.75 Å². The second-order valence-corrected chi connectivity index (χ2v) is 4.97. The summed E-state index contributed by atoms with van der Waals surface area (Å²) >= 11 is 0. The number of amides is 1. The van der Waals surface area contributed by atoms with E-state index in [4.69, 9.17) is 4.74 Å². The summed E-state index contributed by atoms with van der Waals surface area (Å²) in [6.45, 7) is -0.0283. The number of benzene rings is 1. The molecule has 124 valence electrons. The van der Waals surface area contributed by atoms with Crippen molar-refractivity contribution < 1.29 is 70.8 Å². The largest absolute Gasteiger partial charge is 1.00 e. The van der Waals surface area contributed by atoms with E-state index >= 15 is 0 Å². The van der Waals surface area contributed by atoms with Crippen molar-refractivity contribution in [1.82, 2.24) is 10.3 Å². The minimum Gasteiger partial charge on any atom is -0.546 e. The molecular weight excluding hydrogens is 347 g/mol. The topological polar surface area (TPSA) is 91.4 Å². The molecule has 2 aromatic rings. The van der Waals surface area contributed by atoms with E-state index in [0.29, 0.717) is 18.7 Å². The molecule has 7 heteroatoms. The van der Waals surface area contributed by atoms with Gasteiger partial charge in [-0.1, -0.05) is 18.2 Å². The Morgan fingerprint density at radius 2 is 2.08 bits per heavy atom. The first-order valence-corrected chi connectivity index (χ1v) is 7.41. The summed E-state index contributed by atoms with van der Waals surface area (Å²) in [5.41, 5.74) is 1.79. The summed E-state index contributed by atoms with van der Waals surface area (Å²) in [5.74, 6) is -1.00. The molecule has 1 amide bonds. The molecule has 0 saturated carbocycles. The molecule has 1 heterocycles. The van der Waals surface area contributed by atoms with E-state index in [-0.39, 0.29) is 57.3 Å². The van der Waals surface area contributed by atoms with Crippen LogP contribution >= 0.6 is 0 Å². The zero-order valence-electron chi connectivity index (χ0n) is 14.0. The fourth-order valence-corrected chi connectivity index (χ4v) is 1.97. The molecule has 0 bridgehead atoms. The molecule has 1 N–H and O–H groups in total. The molecule has 6 nitrogen and oxygen atoms in total. The van der Waals surface area contributed by atoms with Gasteiger partial charge in [-0.25, -0.2) is 0 Å². The zero-order valence-corrected chi connectivity index (χ0v) is 17.1. The third-order valence-corrected chi connectivity index (χ3v) is 3.08. The first kappa shape index (κ1) is 21.5. The Hall–Kier alpha value is -1.51. The number of aromatic nitrogens is 1. The van der Waals surface area contributed by atoms with Gasteiger partial charge in [0, 0.05) is 25.0 Å². The minimum atomic E-state index is -1.27. The van der Waals surface area contributed by atoms with Gasteiger partial charge in [0.15, 0.2) is 0 Å². The van der Waals surface area contributed by atoms with Crippen molar-refractivity contribution in [2.45, 2.75) is 6.42 Å².